The number of benzene rings is 1. The van der Waals surface area contributed by atoms with Crippen LogP contribution in [-0.2, 0) is 16.1 Å². The smallest absolute Gasteiger partial charge is 0.331 e. The van der Waals surface area contributed by atoms with Crippen LogP contribution in [0, 0.1) is 13.8 Å². The van der Waals surface area contributed by atoms with Crippen molar-refractivity contribution in [1.82, 2.24) is 15.1 Å². The first-order valence-electron chi connectivity index (χ1n) is 7.90. The SMILES string of the molecule is COCC(C)(NC(=O)c1ccc(Cn2nc(C)cc2C)cc1)C(=O)O. The van der Waals surface area contributed by atoms with Crippen LogP contribution in [-0.4, -0.2) is 46.0 Å². The van der Waals surface area contributed by atoms with Gasteiger partial charge in [-0.3, -0.25) is 9.48 Å². The van der Waals surface area contributed by atoms with Gasteiger partial charge in [-0.1, -0.05) is 12.1 Å². The largest absolute Gasteiger partial charge is 0.479 e. The van der Waals surface area contributed by atoms with E-state index in [4.69, 9.17) is 4.74 Å². The molecule has 1 aromatic carbocycles. The lowest BCUT2D eigenvalue weighted by Gasteiger charge is -2.25. The summed E-state index contributed by atoms with van der Waals surface area (Å²) >= 11 is 0. The summed E-state index contributed by atoms with van der Waals surface area (Å²) in [5.41, 5.74) is 1.94. The van der Waals surface area contributed by atoms with Gasteiger partial charge in [0.15, 0.2) is 5.54 Å². The van der Waals surface area contributed by atoms with Gasteiger partial charge in [0.2, 0.25) is 0 Å². The minimum absolute atomic E-state index is 0.121. The van der Waals surface area contributed by atoms with Gasteiger partial charge in [0, 0.05) is 18.4 Å². The molecule has 1 heterocycles. The molecule has 1 aromatic heterocycles. The maximum absolute atomic E-state index is 12.3. The molecular formula is C18H23N3O4. The summed E-state index contributed by atoms with van der Waals surface area (Å²) in [5.74, 6) is -1.61. The van der Waals surface area contributed by atoms with E-state index in [0.717, 1.165) is 17.0 Å². The van der Waals surface area contributed by atoms with Gasteiger partial charge in [0.1, 0.15) is 0 Å². The molecule has 0 aliphatic rings. The van der Waals surface area contributed by atoms with E-state index in [9.17, 15) is 14.7 Å². The highest BCUT2D eigenvalue weighted by molar-refractivity contribution is 5.97. The maximum atomic E-state index is 12.3. The molecule has 1 amide bonds. The van der Waals surface area contributed by atoms with Crippen LogP contribution < -0.4 is 5.32 Å². The zero-order valence-electron chi connectivity index (χ0n) is 14.9. The average Bonchev–Trinajstić information content (AvgIpc) is 2.85. The number of amides is 1. The Morgan fingerprint density at radius 2 is 1.92 bits per heavy atom. The molecule has 7 nitrogen and oxygen atoms in total. The summed E-state index contributed by atoms with van der Waals surface area (Å²) < 4.78 is 6.79. The molecule has 2 aromatic rings. The number of nitrogens with zero attached hydrogens (tertiary/aromatic N) is 2. The van der Waals surface area contributed by atoms with Crippen LogP contribution in [0.3, 0.4) is 0 Å². The standard InChI is InChI=1S/C18H23N3O4/c1-12-9-13(2)21(20-12)10-14-5-7-15(8-6-14)16(22)19-18(3,11-25-4)17(23)24/h5-9H,10-11H2,1-4H3,(H,19,22)(H,23,24). The van der Waals surface area contributed by atoms with Gasteiger partial charge in [0.25, 0.3) is 5.91 Å². The van der Waals surface area contributed by atoms with E-state index in [2.05, 4.69) is 10.4 Å². The van der Waals surface area contributed by atoms with Crippen molar-refractivity contribution in [1.29, 1.82) is 0 Å². The third kappa shape index (κ3) is 4.45. The molecule has 0 bridgehead atoms. The number of aliphatic carboxylic acids is 1. The lowest BCUT2D eigenvalue weighted by molar-refractivity contribution is -0.145. The Morgan fingerprint density at radius 3 is 2.40 bits per heavy atom. The number of aryl methyl sites for hydroxylation is 2. The number of aromatic nitrogens is 2. The van der Waals surface area contributed by atoms with Gasteiger partial charge in [0.05, 0.1) is 18.8 Å². The molecule has 1 unspecified atom stereocenters. The summed E-state index contributed by atoms with van der Waals surface area (Å²) in [4.78, 5) is 23.7. The molecule has 0 saturated carbocycles. The molecule has 0 aliphatic heterocycles. The summed E-state index contributed by atoms with van der Waals surface area (Å²) in [6.07, 6.45) is 0. The third-order valence-electron chi connectivity index (χ3n) is 3.95. The highest BCUT2D eigenvalue weighted by Crippen LogP contribution is 2.11. The molecule has 0 saturated heterocycles. The quantitative estimate of drug-likeness (QED) is 0.798. The lowest BCUT2D eigenvalue weighted by atomic mass is 10.0. The van der Waals surface area contributed by atoms with Crippen LogP contribution >= 0.6 is 0 Å². The van der Waals surface area contributed by atoms with Gasteiger partial charge >= 0.3 is 5.97 Å². The molecule has 0 radical (unpaired) electrons. The van der Waals surface area contributed by atoms with E-state index in [0.29, 0.717) is 12.1 Å². The first-order valence-corrected chi connectivity index (χ1v) is 7.90. The Morgan fingerprint density at radius 1 is 1.28 bits per heavy atom. The maximum Gasteiger partial charge on any atom is 0.331 e. The van der Waals surface area contributed by atoms with Gasteiger partial charge in [-0.2, -0.15) is 5.10 Å². The average molecular weight is 345 g/mol. The third-order valence-corrected chi connectivity index (χ3v) is 3.95. The van der Waals surface area contributed by atoms with Gasteiger partial charge in [-0.25, -0.2) is 4.79 Å². The molecular weight excluding hydrogens is 322 g/mol. The van der Waals surface area contributed by atoms with Crippen molar-refractivity contribution in [3.63, 3.8) is 0 Å². The van der Waals surface area contributed by atoms with Crippen molar-refractivity contribution in [3.05, 3.63) is 52.8 Å². The summed E-state index contributed by atoms with van der Waals surface area (Å²) in [5, 5.41) is 16.2. The van der Waals surface area contributed by atoms with E-state index < -0.39 is 17.4 Å². The van der Waals surface area contributed by atoms with Gasteiger partial charge < -0.3 is 15.2 Å². The van der Waals surface area contributed by atoms with Gasteiger partial charge in [-0.05, 0) is 44.5 Å². The molecule has 134 valence electrons. The van der Waals surface area contributed by atoms with Crippen LogP contribution in [0.1, 0.15) is 34.2 Å². The second-order valence-electron chi connectivity index (χ2n) is 6.31. The Labute approximate surface area is 146 Å². The number of carboxylic acid groups (broad SMARTS) is 1. The summed E-state index contributed by atoms with van der Waals surface area (Å²) in [6, 6.07) is 9.01. The monoisotopic (exact) mass is 345 g/mol. The Balaban J connectivity index is 2.09. The molecule has 25 heavy (non-hydrogen) atoms. The number of hydrogen-bond acceptors (Lipinski definition) is 4. The number of carboxylic acids is 1. The fourth-order valence-corrected chi connectivity index (χ4v) is 2.53. The second-order valence-corrected chi connectivity index (χ2v) is 6.31. The summed E-state index contributed by atoms with van der Waals surface area (Å²) in [6.45, 7) is 5.83. The van der Waals surface area contributed by atoms with Crippen LogP contribution in [0.5, 0.6) is 0 Å². The summed E-state index contributed by atoms with van der Waals surface area (Å²) in [7, 11) is 1.39. The fourth-order valence-electron chi connectivity index (χ4n) is 2.53. The minimum Gasteiger partial charge on any atom is -0.479 e. The minimum atomic E-state index is -1.48. The van der Waals surface area contributed by atoms with Crippen molar-refractivity contribution < 1.29 is 19.4 Å². The molecule has 0 fully saturated rings. The highest BCUT2D eigenvalue weighted by atomic mass is 16.5. The van der Waals surface area contributed by atoms with Crippen molar-refractivity contribution >= 4 is 11.9 Å². The number of methoxy groups -OCH3 is 1. The molecule has 0 spiro atoms. The van der Waals surface area contributed by atoms with Crippen molar-refractivity contribution in [2.24, 2.45) is 0 Å². The molecule has 2 rings (SSSR count). The Kier molecular flexibility index (Phi) is 5.58. The predicted molar refractivity (Wildman–Crippen MR) is 92.6 cm³/mol. The molecule has 2 N–H and O–H groups in total. The highest BCUT2D eigenvalue weighted by Gasteiger charge is 2.35. The van der Waals surface area contributed by atoms with Crippen molar-refractivity contribution in [3.8, 4) is 0 Å². The number of ether oxygens (including phenoxy) is 1. The Hall–Kier alpha value is -2.67. The first kappa shape index (κ1) is 18.7. The van der Waals surface area contributed by atoms with Crippen LogP contribution in [0.25, 0.3) is 0 Å². The molecule has 7 heteroatoms. The van der Waals surface area contributed by atoms with Crippen LogP contribution in [0.15, 0.2) is 30.3 Å². The van der Waals surface area contributed by atoms with Crippen molar-refractivity contribution in [2.75, 3.05) is 13.7 Å². The van der Waals surface area contributed by atoms with Crippen molar-refractivity contribution in [2.45, 2.75) is 32.9 Å². The van der Waals surface area contributed by atoms with E-state index in [-0.39, 0.29) is 6.61 Å². The topological polar surface area (TPSA) is 93.5 Å². The van der Waals surface area contributed by atoms with Crippen LogP contribution in [0.2, 0.25) is 0 Å². The van der Waals surface area contributed by atoms with E-state index in [1.165, 1.54) is 14.0 Å². The number of hydrogen-bond donors (Lipinski definition) is 2. The number of carbonyl (C=O) groups is 2. The normalized spacial score (nSPS) is 13.3. The number of rotatable bonds is 7. The van der Waals surface area contributed by atoms with E-state index >= 15 is 0 Å². The zero-order chi connectivity index (χ0) is 18.6. The van der Waals surface area contributed by atoms with E-state index in [1.807, 2.05) is 36.7 Å². The number of carbonyl (C=O) groups excluding carboxylic acids is 1. The number of nitrogens with one attached hydrogen (secondary N) is 1. The van der Waals surface area contributed by atoms with Crippen LogP contribution in [0.4, 0.5) is 0 Å². The second kappa shape index (κ2) is 7.48. The zero-order valence-corrected chi connectivity index (χ0v) is 14.9. The Bertz CT molecular complexity index is 767. The molecule has 0 aliphatic carbocycles. The van der Waals surface area contributed by atoms with Gasteiger partial charge in [-0.15, -0.1) is 0 Å². The lowest BCUT2D eigenvalue weighted by Crippen LogP contribution is -2.55. The fraction of sp³-hybridized carbons (Fsp3) is 0.389. The first-order chi connectivity index (χ1) is 11.7. The molecule has 1 atom stereocenters. The predicted octanol–water partition coefficient (Wildman–Crippen LogP) is 1.77. The van der Waals surface area contributed by atoms with E-state index in [1.54, 1.807) is 12.1 Å².